The molecule has 1 heterocycles. The predicted molar refractivity (Wildman–Crippen MR) is 60.0 cm³/mol. The molecule has 0 radical (unpaired) electrons. The van der Waals surface area contributed by atoms with Crippen LogP contribution in [0.3, 0.4) is 0 Å². The largest absolute Gasteiger partial charge is 0.266 e. The summed E-state index contributed by atoms with van der Waals surface area (Å²) >= 11 is 6.95. The Labute approximate surface area is 107 Å². The fraction of sp³-hybridized carbons (Fsp3) is 0.167. The van der Waals surface area contributed by atoms with Gasteiger partial charge < -0.3 is 0 Å². The van der Waals surface area contributed by atoms with Gasteiger partial charge in [-0.1, -0.05) is 11.6 Å². The molecule has 0 aliphatic carbocycles. The van der Waals surface area contributed by atoms with Gasteiger partial charge in [0.15, 0.2) is 0 Å². The zero-order valence-corrected chi connectivity index (χ0v) is 11.2. The molecule has 3 nitrogen and oxygen atoms in total. The summed E-state index contributed by atoms with van der Waals surface area (Å²) in [6.45, 7) is 0. The lowest BCUT2D eigenvalue weighted by atomic mass is 10.3. The summed E-state index contributed by atoms with van der Waals surface area (Å²) in [5, 5.41) is -0.555. The minimum atomic E-state index is -4.34. The van der Waals surface area contributed by atoms with Crippen LogP contribution in [-0.2, 0) is 9.05 Å². The van der Waals surface area contributed by atoms with Crippen LogP contribution < -0.4 is 0 Å². The van der Waals surface area contributed by atoms with Gasteiger partial charge in [0.25, 0.3) is 15.5 Å². The molecule has 0 aromatic carbocycles. The number of pyridine rings is 1. The van der Waals surface area contributed by atoms with Crippen molar-refractivity contribution in [2.24, 2.45) is 0 Å². The van der Waals surface area contributed by atoms with Crippen molar-refractivity contribution in [1.29, 1.82) is 0 Å². The summed E-state index contributed by atoms with van der Waals surface area (Å²) in [5.74, 6) is 0. The smallest absolute Gasteiger partial charge is 0.242 e. The monoisotopic (exact) mass is 387 g/mol. The second kappa shape index (κ2) is 4.64. The normalized spacial score (nSPS) is 12.1. The molecular weight excluding hydrogens is 386 g/mol. The summed E-state index contributed by atoms with van der Waals surface area (Å²) in [6, 6.07) is 0. The van der Waals surface area contributed by atoms with Gasteiger partial charge in [-0.25, -0.2) is 22.2 Å². The Kier molecular flexibility index (Phi) is 4.13. The highest BCUT2D eigenvalue weighted by Gasteiger charge is 2.28. The molecule has 0 saturated heterocycles. The number of hydrogen-bond acceptors (Lipinski definition) is 3. The van der Waals surface area contributed by atoms with Gasteiger partial charge in [-0.05, 0) is 22.6 Å². The number of rotatable bonds is 2. The number of aromatic nitrogens is 1. The standard InChI is InChI=1S/C6H2Cl2F2INO2S/c7-5-4(15(8,13)14)3(6(9)10)2(11)1-12-5/h1,6H. The van der Waals surface area contributed by atoms with Crippen LogP contribution in [0.15, 0.2) is 11.1 Å². The van der Waals surface area contributed by atoms with Crippen LogP contribution in [0.1, 0.15) is 12.0 Å². The number of alkyl halides is 2. The van der Waals surface area contributed by atoms with Crippen molar-refractivity contribution >= 4 is 53.9 Å². The Morgan fingerprint density at radius 2 is 2.00 bits per heavy atom. The lowest BCUT2D eigenvalue weighted by Gasteiger charge is -2.08. The average molecular weight is 388 g/mol. The summed E-state index contributed by atoms with van der Waals surface area (Å²) in [5.41, 5.74) is -0.717. The lowest BCUT2D eigenvalue weighted by Crippen LogP contribution is -2.04. The fourth-order valence-corrected chi connectivity index (χ4v) is 3.48. The van der Waals surface area contributed by atoms with Crippen molar-refractivity contribution in [1.82, 2.24) is 4.98 Å². The molecule has 0 atom stereocenters. The molecule has 84 valence electrons. The summed E-state index contributed by atoms with van der Waals surface area (Å²) < 4.78 is 47.2. The third-order valence-electron chi connectivity index (χ3n) is 1.44. The maximum Gasteiger partial charge on any atom is 0.266 e. The molecule has 0 spiro atoms. The van der Waals surface area contributed by atoms with E-state index in [9.17, 15) is 17.2 Å². The van der Waals surface area contributed by atoms with E-state index < -0.39 is 31.1 Å². The van der Waals surface area contributed by atoms with Gasteiger partial charge in [0, 0.05) is 20.4 Å². The van der Waals surface area contributed by atoms with Crippen molar-refractivity contribution in [3.8, 4) is 0 Å². The first kappa shape index (κ1) is 13.3. The zero-order chi connectivity index (χ0) is 11.8. The summed E-state index contributed by atoms with van der Waals surface area (Å²) in [6.07, 6.45) is -1.93. The molecule has 0 bridgehead atoms. The lowest BCUT2D eigenvalue weighted by molar-refractivity contribution is 0.147. The maximum absolute atomic E-state index is 12.6. The molecule has 1 aromatic heterocycles. The quantitative estimate of drug-likeness (QED) is 0.444. The molecule has 0 unspecified atom stereocenters. The highest BCUT2D eigenvalue weighted by Crippen LogP contribution is 2.35. The van der Waals surface area contributed by atoms with Crippen LogP contribution in [0, 0.1) is 3.57 Å². The van der Waals surface area contributed by atoms with E-state index in [-0.39, 0.29) is 3.57 Å². The van der Waals surface area contributed by atoms with Crippen LogP contribution in [0.2, 0.25) is 5.15 Å². The minimum Gasteiger partial charge on any atom is -0.242 e. The zero-order valence-electron chi connectivity index (χ0n) is 6.72. The van der Waals surface area contributed by atoms with Crippen molar-refractivity contribution in [2.75, 3.05) is 0 Å². The molecule has 9 heteroatoms. The first-order valence-electron chi connectivity index (χ1n) is 3.32. The first-order chi connectivity index (χ1) is 6.75. The van der Waals surface area contributed by atoms with Crippen molar-refractivity contribution in [3.63, 3.8) is 0 Å². The SMILES string of the molecule is O=S(=O)(Cl)c1c(Cl)ncc(I)c1C(F)F. The Bertz CT molecular complexity index is 494. The first-order valence-corrected chi connectivity index (χ1v) is 7.08. The van der Waals surface area contributed by atoms with Crippen LogP contribution in [0.5, 0.6) is 0 Å². The topological polar surface area (TPSA) is 47.0 Å². The number of halogens is 5. The van der Waals surface area contributed by atoms with Crippen molar-refractivity contribution in [2.45, 2.75) is 11.3 Å². The van der Waals surface area contributed by atoms with Gasteiger partial charge in [0.1, 0.15) is 10.0 Å². The predicted octanol–water partition coefficient (Wildman–Crippen LogP) is 3.20. The fourth-order valence-electron chi connectivity index (χ4n) is 0.896. The molecule has 1 aromatic rings. The van der Waals surface area contributed by atoms with Crippen LogP contribution >= 0.6 is 44.9 Å². The van der Waals surface area contributed by atoms with E-state index in [2.05, 4.69) is 4.98 Å². The highest BCUT2D eigenvalue weighted by molar-refractivity contribution is 14.1. The highest BCUT2D eigenvalue weighted by atomic mass is 127. The number of hydrogen-bond donors (Lipinski definition) is 0. The van der Waals surface area contributed by atoms with E-state index in [0.29, 0.717) is 0 Å². The van der Waals surface area contributed by atoms with E-state index in [0.717, 1.165) is 6.20 Å². The molecule has 1 rings (SSSR count). The van der Waals surface area contributed by atoms with Gasteiger partial charge in [-0.15, -0.1) is 0 Å². The third-order valence-corrected chi connectivity index (χ3v) is 4.06. The summed E-state index contributed by atoms with van der Waals surface area (Å²) in [4.78, 5) is 2.62. The molecule has 0 fully saturated rings. The molecular formula is C6H2Cl2F2INO2S. The number of nitrogens with zero attached hydrogens (tertiary/aromatic N) is 1. The van der Waals surface area contributed by atoms with E-state index >= 15 is 0 Å². The average Bonchev–Trinajstić information content (AvgIpc) is 2.05. The molecule has 0 saturated carbocycles. The Morgan fingerprint density at radius 3 is 2.33 bits per heavy atom. The Hall–Kier alpha value is 0.270. The molecule has 0 N–H and O–H groups in total. The van der Waals surface area contributed by atoms with Crippen LogP contribution in [0.4, 0.5) is 8.78 Å². The third kappa shape index (κ3) is 2.89. The maximum atomic E-state index is 12.6. The Morgan fingerprint density at radius 1 is 1.47 bits per heavy atom. The Balaban J connectivity index is 3.68. The van der Waals surface area contributed by atoms with Crippen LogP contribution in [-0.4, -0.2) is 13.4 Å². The second-order valence-electron chi connectivity index (χ2n) is 2.38. The van der Waals surface area contributed by atoms with Crippen molar-refractivity contribution < 1.29 is 17.2 Å². The van der Waals surface area contributed by atoms with Gasteiger partial charge in [-0.3, -0.25) is 0 Å². The van der Waals surface area contributed by atoms with Gasteiger partial charge >= 0.3 is 0 Å². The van der Waals surface area contributed by atoms with E-state index in [4.69, 9.17) is 22.3 Å². The van der Waals surface area contributed by atoms with E-state index in [1.54, 1.807) is 0 Å². The van der Waals surface area contributed by atoms with E-state index in [1.807, 2.05) is 0 Å². The van der Waals surface area contributed by atoms with Gasteiger partial charge in [-0.2, -0.15) is 0 Å². The van der Waals surface area contributed by atoms with E-state index in [1.165, 1.54) is 22.6 Å². The molecule has 0 aliphatic rings. The molecule has 0 aliphatic heterocycles. The molecule has 0 amide bonds. The molecule has 15 heavy (non-hydrogen) atoms. The minimum absolute atomic E-state index is 0.00812. The van der Waals surface area contributed by atoms with Gasteiger partial charge in [0.05, 0.1) is 5.56 Å². The van der Waals surface area contributed by atoms with Crippen LogP contribution in [0.25, 0.3) is 0 Å². The summed E-state index contributed by atoms with van der Waals surface area (Å²) in [7, 11) is 0.657. The second-order valence-corrected chi connectivity index (χ2v) is 6.40. The van der Waals surface area contributed by atoms with Crippen molar-refractivity contribution in [3.05, 3.63) is 20.5 Å². The van der Waals surface area contributed by atoms with Gasteiger partial charge in [0.2, 0.25) is 0 Å².